The molecule has 0 spiro atoms. The van der Waals surface area contributed by atoms with E-state index in [1.54, 1.807) is 0 Å². The Kier molecular flexibility index (Phi) is 6.82. The van der Waals surface area contributed by atoms with Crippen molar-refractivity contribution in [2.24, 2.45) is 0 Å². The molecule has 29 heavy (non-hydrogen) atoms. The third-order valence-electron chi connectivity index (χ3n) is 4.73. The highest BCUT2D eigenvalue weighted by molar-refractivity contribution is 7.89. The molecule has 1 saturated heterocycles. The topological polar surface area (TPSA) is 75.7 Å². The Bertz CT molecular complexity index is 981. The van der Waals surface area contributed by atoms with E-state index in [4.69, 9.17) is 16.3 Å². The number of benzene rings is 2. The van der Waals surface area contributed by atoms with Crippen LogP contribution in [0.15, 0.2) is 41.3 Å². The molecule has 0 aliphatic carbocycles. The molecule has 6 nitrogen and oxygen atoms in total. The van der Waals surface area contributed by atoms with Gasteiger partial charge < -0.3 is 10.1 Å². The smallest absolute Gasteiger partial charge is 0.251 e. The monoisotopic (exact) mass is 436 g/mol. The third kappa shape index (κ3) is 5.29. The number of rotatable bonds is 7. The molecule has 1 heterocycles. The molecule has 0 radical (unpaired) electrons. The molecule has 1 fully saturated rings. The number of nitrogens with zero attached hydrogens (tertiary/aromatic N) is 1. The summed E-state index contributed by atoms with van der Waals surface area (Å²) < 4.78 is 32.7. The molecular weight excluding hydrogens is 412 g/mol. The number of hydrogen-bond donors (Lipinski definition) is 1. The van der Waals surface area contributed by atoms with Crippen LogP contribution in [0.3, 0.4) is 0 Å². The number of hydrogen-bond acceptors (Lipinski definition) is 4. The van der Waals surface area contributed by atoms with Crippen molar-refractivity contribution in [3.05, 3.63) is 58.1 Å². The van der Waals surface area contributed by atoms with Crippen LogP contribution in [0.1, 0.15) is 34.3 Å². The van der Waals surface area contributed by atoms with Crippen molar-refractivity contribution < 1.29 is 17.9 Å². The first kappa shape index (κ1) is 21.6. The normalized spacial score (nSPS) is 14.7. The Morgan fingerprint density at radius 3 is 2.41 bits per heavy atom. The van der Waals surface area contributed by atoms with Gasteiger partial charge in [0.15, 0.2) is 0 Å². The number of aryl methyl sites for hydroxylation is 2. The Hall–Kier alpha value is -2.09. The molecule has 1 amide bonds. The van der Waals surface area contributed by atoms with Crippen LogP contribution in [0.2, 0.25) is 5.02 Å². The molecule has 3 rings (SSSR count). The summed E-state index contributed by atoms with van der Waals surface area (Å²) in [5, 5.41) is 2.87. The maximum Gasteiger partial charge on any atom is 0.251 e. The number of ether oxygens (including phenoxy) is 1. The summed E-state index contributed by atoms with van der Waals surface area (Å²) in [6.45, 7) is 5.55. The summed E-state index contributed by atoms with van der Waals surface area (Å²) in [4.78, 5) is 12.4. The minimum absolute atomic E-state index is 0.0276. The number of sulfonamides is 1. The Morgan fingerprint density at radius 1 is 1.10 bits per heavy atom. The van der Waals surface area contributed by atoms with Crippen LogP contribution in [0.25, 0.3) is 0 Å². The van der Waals surface area contributed by atoms with Crippen molar-refractivity contribution in [2.75, 3.05) is 26.2 Å². The highest BCUT2D eigenvalue weighted by Crippen LogP contribution is 2.28. The Morgan fingerprint density at radius 2 is 1.76 bits per heavy atom. The lowest BCUT2D eigenvalue weighted by molar-refractivity contribution is 0.0946. The van der Waals surface area contributed by atoms with Crippen molar-refractivity contribution in [3.63, 3.8) is 0 Å². The quantitative estimate of drug-likeness (QED) is 0.673. The summed E-state index contributed by atoms with van der Waals surface area (Å²) >= 11 is 6.13. The van der Waals surface area contributed by atoms with E-state index >= 15 is 0 Å². The van der Waals surface area contributed by atoms with Crippen molar-refractivity contribution in [1.29, 1.82) is 0 Å². The Labute approximate surface area is 176 Å². The van der Waals surface area contributed by atoms with E-state index < -0.39 is 10.0 Å². The van der Waals surface area contributed by atoms with Gasteiger partial charge in [-0.1, -0.05) is 17.7 Å². The van der Waals surface area contributed by atoms with Gasteiger partial charge in [0.05, 0.1) is 11.6 Å². The molecule has 0 aromatic heterocycles. The number of amides is 1. The predicted molar refractivity (Wildman–Crippen MR) is 113 cm³/mol. The Balaban J connectivity index is 1.62. The lowest BCUT2D eigenvalue weighted by Gasteiger charge is -2.17. The second-order valence-corrected chi connectivity index (χ2v) is 9.50. The molecule has 156 valence electrons. The standard InChI is InChI=1S/C21H25ClN2O4S/c1-15-11-16(2)13-18(12-15)28-10-7-23-21(25)17-5-6-19(22)20(14-17)29(26,27)24-8-3-4-9-24/h5-6,11-14H,3-4,7-10H2,1-2H3,(H,23,25). The van der Waals surface area contributed by atoms with Crippen LogP contribution in [-0.2, 0) is 10.0 Å². The van der Waals surface area contributed by atoms with E-state index in [-0.39, 0.29) is 21.4 Å². The van der Waals surface area contributed by atoms with Gasteiger partial charge in [-0.25, -0.2) is 8.42 Å². The van der Waals surface area contributed by atoms with Crippen LogP contribution in [0, 0.1) is 13.8 Å². The zero-order valence-electron chi connectivity index (χ0n) is 16.6. The van der Waals surface area contributed by atoms with Gasteiger partial charge in [-0.15, -0.1) is 0 Å². The molecular formula is C21H25ClN2O4S. The lowest BCUT2D eigenvalue weighted by atomic mass is 10.1. The summed E-state index contributed by atoms with van der Waals surface area (Å²) in [5.41, 5.74) is 2.47. The largest absolute Gasteiger partial charge is 0.492 e. The maximum atomic E-state index is 12.8. The highest BCUT2D eigenvalue weighted by Gasteiger charge is 2.29. The molecule has 0 saturated carbocycles. The minimum Gasteiger partial charge on any atom is -0.492 e. The maximum absolute atomic E-state index is 12.8. The van der Waals surface area contributed by atoms with E-state index in [1.807, 2.05) is 26.0 Å². The molecule has 0 unspecified atom stereocenters. The number of carbonyl (C=O) groups is 1. The van der Waals surface area contributed by atoms with Crippen LogP contribution in [0.5, 0.6) is 5.75 Å². The van der Waals surface area contributed by atoms with Gasteiger partial charge in [0.25, 0.3) is 5.91 Å². The van der Waals surface area contributed by atoms with Crippen LogP contribution in [0.4, 0.5) is 0 Å². The molecule has 1 aliphatic heterocycles. The van der Waals surface area contributed by atoms with Gasteiger partial charge in [0.1, 0.15) is 17.3 Å². The number of nitrogens with one attached hydrogen (secondary N) is 1. The van der Waals surface area contributed by atoms with Gasteiger partial charge in [-0.3, -0.25) is 4.79 Å². The molecule has 1 N–H and O–H groups in total. The molecule has 1 aliphatic rings. The highest BCUT2D eigenvalue weighted by atomic mass is 35.5. The zero-order valence-corrected chi connectivity index (χ0v) is 18.1. The average Bonchev–Trinajstić information content (AvgIpc) is 3.20. The van der Waals surface area contributed by atoms with Crippen molar-refractivity contribution in [3.8, 4) is 5.75 Å². The van der Waals surface area contributed by atoms with Gasteiger partial charge in [-0.05, 0) is 68.1 Å². The van der Waals surface area contributed by atoms with Gasteiger partial charge in [-0.2, -0.15) is 4.31 Å². The average molecular weight is 437 g/mol. The predicted octanol–water partition coefficient (Wildman–Crippen LogP) is 3.55. The van der Waals surface area contributed by atoms with E-state index in [2.05, 4.69) is 11.4 Å². The van der Waals surface area contributed by atoms with Gasteiger partial charge in [0.2, 0.25) is 10.0 Å². The zero-order chi connectivity index (χ0) is 21.0. The fourth-order valence-electron chi connectivity index (χ4n) is 3.36. The van der Waals surface area contributed by atoms with Crippen molar-refractivity contribution in [2.45, 2.75) is 31.6 Å². The SMILES string of the molecule is Cc1cc(C)cc(OCCNC(=O)c2ccc(Cl)c(S(=O)(=O)N3CCCC3)c2)c1. The van der Waals surface area contributed by atoms with Crippen LogP contribution >= 0.6 is 11.6 Å². The van der Waals surface area contributed by atoms with Crippen molar-refractivity contribution in [1.82, 2.24) is 9.62 Å². The molecule has 2 aromatic rings. The van der Waals surface area contributed by atoms with Crippen LogP contribution < -0.4 is 10.1 Å². The van der Waals surface area contributed by atoms with Crippen LogP contribution in [-0.4, -0.2) is 44.9 Å². The lowest BCUT2D eigenvalue weighted by Crippen LogP contribution is -2.30. The molecule has 0 atom stereocenters. The molecule has 0 bridgehead atoms. The number of halogens is 1. The van der Waals surface area contributed by atoms with E-state index in [1.165, 1.54) is 22.5 Å². The summed E-state index contributed by atoms with van der Waals surface area (Å²) in [6, 6.07) is 10.2. The fraction of sp³-hybridized carbons (Fsp3) is 0.381. The van der Waals surface area contributed by atoms with E-state index in [9.17, 15) is 13.2 Å². The summed E-state index contributed by atoms with van der Waals surface area (Å²) in [6.07, 6.45) is 1.66. The third-order valence-corrected chi connectivity index (χ3v) is 7.11. The first-order chi connectivity index (χ1) is 13.8. The number of carbonyl (C=O) groups excluding carboxylic acids is 1. The van der Waals surface area contributed by atoms with E-state index in [0.29, 0.717) is 26.2 Å². The second-order valence-electron chi connectivity index (χ2n) is 7.18. The summed E-state index contributed by atoms with van der Waals surface area (Å²) in [5.74, 6) is 0.380. The van der Waals surface area contributed by atoms with E-state index in [0.717, 1.165) is 29.7 Å². The molecule has 2 aromatic carbocycles. The fourth-order valence-corrected chi connectivity index (χ4v) is 5.38. The summed E-state index contributed by atoms with van der Waals surface area (Å²) in [7, 11) is -3.70. The van der Waals surface area contributed by atoms with Gasteiger partial charge in [0, 0.05) is 18.7 Å². The van der Waals surface area contributed by atoms with Gasteiger partial charge >= 0.3 is 0 Å². The molecule has 8 heteroatoms. The first-order valence-electron chi connectivity index (χ1n) is 9.56. The minimum atomic E-state index is -3.70. The van der Waals surface area contributed by atoms with Crippen molar-refractivity contribution >= 4 is 27.5 Å². The second kappa shape index (κ2) is 9.15. The first-order valence-corrected chi connectivity index (χ1v) is 11.4.